The van der Waals surface area contributed by atoms with Crippen molar-refractivity contribution in [3.63, 3.8) is 0 Å². The molecule has 3 rings (SSSR count). The maximum atomic E-state index is 13.4. The van der Waals surface area contributed by atoms with Crippen LogP contribution in [0.3, 0.4) is 0 Å². The number of fused-ring (bicyclic) bond motifs is 1. The van der Waals surface area contributed by atoms with Gasteiger partial charge in [-0.1, -0.05) is 36.4 Å². The molecule has 1 unspecified atom stereocenters. The van der Waals surface area contributed by atoms with E-state index in [1.165, 1.54) is 6.07 Å². The van der Waals surface area contributed by atoms with E-state index in [0.717, 1.165) is 29.8 Å². The SMILES string of the molecule is N#CC(CN1CCc2ccc(F)cc21)c1ccccc1. The standard InChI is InChI=1S/C17H15FN2/c18-16-7-6-14-8-9-20(17(14)10-16)12-15(11-19)13-4-2-1-3-5-13/h1-7,10,15H,8-9,12H2. The van der Waals surface area contributed by atoms with Gasteiger partial charge in [0, 0.05) is 18.8 Å². The van der Waals surface area contributed by atoms with Crippen molar-refractivity contribution < 1.29 is 4.39 Å². The van der Waals surface area contributed by atoms with Crippen molar-refractivity contribution in [3.8, 4) is 6.07 Å². The summed E-state index contributed by atoms with van der Waals surface area (Å²) in [4.78, 5) is 2.11. The van der Waals surface area contributed by atoms with E-state index in [1.807, 2.05) is 36.4 Å². The second-order valence-corrected chi connectivity index (χ2v) is 5.06. The molecule has 2 nitrogen and oxygen atoms in total. The minimum atomic E-state index is -0.219. The highest BCUT2D eigenvalue weighted by molar-refractivity contribution is 5.58. The van der Waals surface area contributed by atoms with Crippen LogP contribution in [0.1, 0.15) is 17.0 Å². The summed E-state index contributed by atoms with van der Waals surface area (Å²) in [5.74, 6) is -0.408. The van der Waals surface area contributed by atoms with Crippen molar-refractivity contribution >= 4 is 5.69 Å². The summed E-state index contributed by atoms with van der Waals surface area (Å²) in [6.07, 6.45) is 0.919. The first-order valence-electron chi connectivity index (χ1n) is 6.76. The highest BCUT2D eigenvalue weighted by atomic mass is 19.1. The number of benzene rings is 2. The largest absolute Gasteiger partial charge is 0.369 e. The van der Waals surface area contributed by atoms with Crippen LogP contribution in [0.25, 0.3) is 0 Å². The molecule has 0 amide bonds. The van der Waals surface area contributed by atoms with Crippen molar-refractivity contribution in [2.45, 2.75) is 12.3 Å². The first kappa shape index (κ1) is 12.7. The summed E-state index contributed by atoms with van der Waals surface area (Å²) in [5.41, 5.74) is 3.11. The third-order valence-corrected chi connectivity index (χ3v) is 3.80. The van der Waals surface area contributed by atoms with E-state index in [0.29, 0.717) is 6.54 Å². The summed E-state index contributed by atoms with van der Waals surface area (Å²) in [5, 5.41) is 9.39. The molecule has 0 fully saturated rings. The van der Waals surface area contributed by atoms with Gasteiger partial charge in [-0.3, -0.25) is 0 Å². The Kier molecular flexibility index (Phi) is 3.39. The third kappa shape index (κ3) is 2.37. The van der Waals surface area contributed by atoms with Gasteiger partial charge in [-0.05, 0) is 29.7 Å². The van der Waals surface area contributed by atoms with Crippen molar-refractivity contribution in [1.82, 2.24) is 0 Å². The summed E-state index contributed by atoms with van der Waals surface area (Å²) in [7, 11) is 0. The Morgan fingerprint density at radius 1 is 1.20 bits per heavy atom. The number of nitriles is 1. The van der Waals surface area contributed by atoms with Crippen LogP contribution in [0.2, 0.25) is 0 Å². The number of rotatable bonds is 3. The van der Waals surface area contributed by atoms with Crippen molar-refractivity contribution in [2.75, 3.05) is 18.0 Å². The molecule has 20 heavy (non-hydrogen) atoms. The third-order valence-electron chi connectivity index (χ3n) is 3.80. The molecule has 0 saturated heterocycles. The maximum Gasteiger partial charge on any atom is 0.125 e. The zero-order valence-corrected chi connectivity index (χ0v) is 11.1. The number of halogens is 1. The Hall–Kier alpha value is -2.34. The predicted molar refractivity (Wildman–Crippen MR) is 77.1 cm³/mol. The van der Waals surface area contributed by atoms with Gasteiger partial charge in [-0.2, -0.15) is 5.26 Å². The quantitative estimate of drug-likeness (QED) is 0.850. The molecule has 0 spiro atoms. The van der Waals surface area contributed by atoms with Crippen LogP contribution >= 0.6 is 0 Å². The molecule has 1 aliphatic rings. The first-order chi connectivity index (χ1) is 9.78. The topological polar surface area (TPSA) is 27.0 Å². The molecule has 0 bridgehead atoms. The molecule has 1 heterocycles. The van der Waals surface area contributed by atoms with Crippen LogP contribution in [0, 0.1) is 17.1 Å². The molecule has 100 valence electrons. The molecule has 0 aromatic heterocycles. The minimum absolute atomic E-state index is 0.189. The number of nitrogens with zero attached hydrogens (tertiary/aromatic N) is 2. The van der Waals surface area contributed by atoms with Crippen LogP contribution in [-0.4, -0.2) is 13.1 Å². The summed E-state index contributed by atoms with van der Waals surface area (Å²) >= 11 is 0. The lowest BCUT2D eigenvalue weighted by atomic mass is 10.00. The zero-order valence-electron chi connectivity index (χ0n) is 11.1. The highest BCUT2D eigenvalue weighted by Crippen LogP contribution is 2.30. The fourth-order valence-electron chi connectivity index (χ4n) is 2.73. The summed E-state index contributed by atoms with van der Waals surface area (Å²) in [6, 6.07) is 17.0. The van der Waals surface area contributed by atoms with Gasteiger partial charge in [0.05, 0.1) is 12.0 Å². The van der Waals surface area contributed by atoms with Crippen molar-refractivity contribution in [1.29, 1.82) is 5.26 Å². The van der Waals surface area contributed by atoms with Crippen LogP contribution in [0.15, 0.2) is 48.5 Å². The van der Waals surface area contributed by atoms with Gasteiger partial charge < -0.3 is 4.90 Å². The molecule has 3 heteroatoms. The maximum absolute atomic E-state index is 13.4. The van der Waals surface area contributed by atoms with Crippen LogP contribution < -0.4 is 4.90 Å². The lowest BCUT2D eigenvalue weighted by molar-refractivity contribution is 0.627. The van der Waals surface area contributed by atoms with Gasteiger partial charge in [-0.25, -0.2) is 4.39 Å². The predicted octanol–water partition coefficient (Wildman–Crippen LogP) is 3.50. The summed E-state index contributed by atoms with van der Waals surface area (Å²) < 4.78 is 13.4. The Labute approximate surface area is 118 Å². The van der Waals surface area contributed by atoms with E-state index in [9.17, 15) is 9.65 Å². The van der Waals surface area contributed by atoms with Gasteiger partial charge in [0.2, 0.25) is 0 Å². The highest BCUT2D eigenvalue weighted by Gasteiger charge is 2.23. The average Bonchev–Trinajstić information content (AvgIpc) is 2.88. The van der Waals surface area contributed by atoms with Gasteiger partial charge >= 0.3 is 0 Å². The lowest BCUT2D eigenvalue weighted by Crippen LogP contribution is -2.26. The fourth-order valence-corrected chi connectivity index (χ4v) is 2.73. The van der Waals surface area contributed by atoms with Gasteiger partial charge in [0.1, 0.15) is 5.82 Å². The van der Waals surface area contributed by atoms with Crippen molar-refractivity contribution in [2.24, 2.45) is 0 Å². The van der Waals surface area contributed by atoms with Crippen molar-refractivity contribution in [3.05, 3.63) is 65.5 Å². The Morgan fingerprint density at radius 2 is 2.00 bits per heavy atom. The van der Waals surface area contributed by atoms with E-state index in [4.69, 9.17) is 0 Å². The monoisotopic (exact) mass is 266 g/mol. The number of hydrogen-bond acceptors (Lipinski definition) is 2. The molecular formula is C17H15FN2. The molecule has 0 saturated carbocycles. The molecule has 0 N–H and O–H groups in total. The molecule has 0 aliphatic carbocycles. The van der Waals surface area contributed by atoms with Crippen LogP contribution in [-0.2, 0) is 6.42 Å². The number of hydrogen-bond donors (Lipinski definition) is 0. The van der Waals surface area contributed by atoms with E-state index in [-0.39, 0.29) is 11.7 Å². The molecule has 1 atom stereocenters. The van der Waals surface area contributed by atoms with E-state index in [1.54, 1.807) is 6.07 Å². The van der Waals surface area contributed by atoms with Crippen LogP contribution in [0.4, 0.5) is 10.1 Å². The Morgan fingerprint density at radius 3 is 2.75 bits per heavy atom. The second kappa shape index (κ2) is 5.34. The van der Waals surface area contributed by atoms with Gasteiger partial charge in [-0.15, -0.1) is 0 Å². The average molecular weight is 266 g/mol. The summed E-state index contributed by atoms with van der Waals surface area (Å²) in [6.45, 7) is 1.46. The Bertz CT molecular complexity index is 646. The smallest absolute Gasteiger partial charge is 0.125 e. The van der Waals surface area contributed by atoms with E-state index >= 15 is 0 Å². The normalized spacial score (nSPS) is 14.7. The van der Waals surface area contributed by atoms with Gasteiger partial charge in [0.15, 0.2) is 0 Å². The molecule has 2 aromatic carbocycles. The fraction of sp³-hybridized carbons (Fsp3) is 0.235. The van der Waals surface area contributed by atoms with Gasteiger partial charge in [0.25, 0.3) is 0 Å². The molecular weight excluding hydrogens is 251 g/mol. The zero-order chi connectivity index (χ0) is 13.9. The first-order valence-corrected chi connectivity index (χ1v) is 6.76. The van der Waals surface area contributed by atoms with Crippen LogP contribution in [0.5, 0.6) is 0 Å². The molecule has 1 aliphatic heterocycles. The number of anilines is 1. The minimum Gasteiger partial charge on any atom is -0.369 e. The lowest BCUT2D eigenvalue weighted by Gasteiger charge is -2.22. The Balaban J connectivity index is 1.83. The molecule has 0 radical (unpaired) electrons. The van der Waals surface area contributed by atoms with E-state index < -0.39 is 0 Å². The van der Waals surface area contributed by atoms with E-state index in [2.05, 4.69) is 11.0 Å². The second-order valence-electron chi connectivity index (χ2n) is 5.06. The molecule has 2 aromatic rings.